The Hall–Kier alpha value is 3.61. The Kier molecular flexibility index (Phi) is 102. The van der Waals surface area contributed by atoms with Crippen molar-refractivity contribution < 1.29 is 65.3 Å². The van der Waals surface area contributed by atoms with Crippen LogP contribution in [0.4, 0.5) is 0 Å². The van der Waals surface area contributed by atoms with Gasteiger partial charge in [0.1, 0.15) is 0 Å². The molecule has 0 aliphatic rings. The van der Waals surface area contributed by atoms with Crippen LogP contribution in [0.15, 0.2) is 0 Å². The van der Waals surface area contributed by atoms with Gasteiger partial charge in [-0.15, -0.1) is 0 Å². The van der Waals surface area contributed by atoms with Crippen LogP contribution in [0.3, 0.4) is 0 Å². The van der Waals surface area contributed by atoms with Crippen molar-refractivity contribution in [3.05, 3.63) is 0 Å². The fourth-order valence-corrected chi connectivity index (χ4v) is 0. The molecule has 0 amide bonds. The van der Waals surface area contributed by atoms with E-state index >= 15 is 0 Å². The minimum absolute atomic E-state index is 0. The number of rotatable bonds is 0. The molecule has 0 bridgehead atoms. The van der Waals surface area contributed by atoms with E-state index in [0.717, 1.165) is 0 Å². The van der Waals surface area contributed by atoms with Gasteiger partial charge in [-0.05, 0) is 0 Å². The maximum absolute atomic E-state index is 0. The van der Waals surface area contributed by atoms with Gasteiger partial charge in [0.25, 0.3) is 0 Å². The van der Waals surface area contributed by atoms with Gasteiger partial charge in [-0.1, -0.05) is 0 Å². The number of hydrogen-bond donors (Lipinski definition) is 0. The van der Waals surface area contributed by atoms with E-state index in [1.165, 1.54) is 0 Å². The Balaban J connectivity index is 0. The third-order valence-corrected chi connectivity index (χ3v) is 0. The van der Waals surface area contributed by atoms with Crippen molar-refractivity contribution >= 4 is 45.5 Å². The molecule has 0 unspecified atom stereocenters. The summed E-state index contributed by atoms with van der Waals surface area (Å²) in [6.07, 6.45) is 0. The van der Waals surface area contributed by atoms with E-state index in [9.17, 15) is 0 Å². The molecule has 0 aliphatic carbocycles. The fourth-order valence-electron chi connectivity index (χ4n) is 0. The van der Waals surface area contributed by atoms with Gasteiger partial charge in [-0.25, -0.2) is 0 Å². The zero-order valence-corrected chi connectivity index (χ0v) is 7.50. The Labute approximate surface area is 108 Å². The second-order valence-electron chi connectivity index (χ2n) is 0. The van der Waals surface area contributed by atoms with Crippen molar-refractivity contribution in [1.82, 2.24) is 0 Å². The van der Waals surface area contributed by atoms with Crippen LogP contribution < -0.4 is 0 Å². The quantitative estimate of drug-likeness (QED) is 0.483. The van der Waals surface area contributed by atoms with Crippen molar-refractivity contribution in [2.45, 2.75) is 0 Å². The van der Waals surface area contributed by atoms with Crippen molar-refractivity contribution in [2.75, 3.05) is 0 Å². The number of hydrogen-bond acceptors (Lipinski definition) is 0. The zero-order valence-electron chi connectivity index (χ0n) is 1.38. The average molecular weight is 371 g/mol. The largest absolute Gasteiger partial charge is 0 e. The molecule has 0 aliphatic heterocycles. The van der Waals surface area contributed by atoms with E-state index in [-0.39, 0.29) is 111 Å². The fraction of sp³-hybridized carbons (Fsp3) is 0. The van der Waals surface area contributed by atoms with Crippen LogP contribution in [0.2, 0.25) is 0 Å². The molecule has 0 N–H and O–H groups in total. The second kappa shape index (κ2) is 16.0. The van der Waals surface area contributed by atoms with Gasteiger partial charge in [0.05, 0.1) is 0 Å². The Bertz CT molecular complexity index is 8.00. The van der Waals surface area contributed by atoms with E-state index in [1.807, 2.05) is 0 Å². The van der Waals surface area contributed by atoms with Crippen LogP contribution in [0.1, 0.15) is 0 Å². The summed E-state index contributed by atoms with van der Waals surface area (Å²) in [6.45, 7) is 0. The first-order chi connectivity index (χ1) is 0. The molecule has 0 aromatic carbocycles. The van der Waals surface area contributed by atoms with Crippen molar-refractivity contribution in [3.8, 4) is 0 Å². The monoisotopic (exact) mass is 372 g/mol. The first-order valence-electron chi connectivity index (χ1n) is 0. The molecule has 4 heteroatoms. The maximum Gasteiger partial charge on any atom is 0 e. The predicted octanol–water partition coefficient (Wildman–Crippen LogP) is -0.924. The average Bonchev–Trinajstić information content (AvgIpc) is 0. The molecule has 0 heterocycles. The van der Waals surface area contributed by atoms with E-state index in [0.29, 0.717) is 0 Å². The Morgan fingerprint density at radius 3 is 1.00 bits per heavy atom. The van der Waals surface area contributed by atoms with E-state index in [1.54, 1.807) is 0 Å². The van der Waals surface area contributed by atoms with E-state index < -0.39 is 0 Å². The summed E-state index contributed by atoms with van der Waals surface area (Å²) in [7, 11) is 0. The summed E-state index contributed by atoms with van der Waals surface area (Å²) >= 11 is 0. The summed E-state index contributed by atoms with van der Waals surface area (Å²) in [6, 6.07) is 0. The SMILES string of the molecule is [Fe].[Sc].[SrH2].[Ta]. The standard InChI is InChI=1S/Fe.Sc.Sr.Ta.2H. The van der Waals surface area contributed by atoms with Crippen LogP contribution in [-0.2, 0) is 65.3 Å². The van der Waals surface area contributed by atoms with Gasteiger partial charge in [0.2, 0.25) is 0 Å². The van der Waals surface area contributed by atoms with E-state index in [4.69, 9.17) is 0 Å². The predicted molar refractivity (Wildman–Crippen MR) is 8.54 cm³/mol. The smallest absolute Gasteiger partial charge is 0 e. The summed E-state index contributed by atoms with van der Waals surface area (Å²) in [4.78, 5) is 0. The van der Waals surface area contributed by atoms with Crippen LogP contribution in [0.5, 0.6) is 0 Å². The molecule has 0 saturated carbocycles. The second-order valence-corrected chi connectivity index (χ2v) is 0. The zero-order chi connectivity index (χ0) is 0. The maximum atomic E-state index is 0. The molecule has 20 valence electrons. The van der Waals surface area contributed by atoms with Gasteiger partial charge in [0.15, 0.2) is 0 Å². The normalized spacial score (nSPS) is 0. The summed E-state index contributed by atoms with van der Waals surface area (Å²) < 4.78 is 0. The summed E-state index contributed by atoms with van der Waals surface area (Å²) in [5.41, 5.74) is 0. The third kappa shape index (κ3) is 9.15. The molecule has 0 atom stereocenters. The third-order valence-electron chi connectivity index (χ3n) is 0. The molecule has 0 aromatic rings. The molecule has 2 radical (unpaired) electrons. The molecule has 0 rings (SSSR count). The molecule has 0 saturated heterocycles. The summed E-state index contributed by atoms with van der Waals surface area (Å²) in [5.74, 6) is 0. The van der Waals surface area contributed by atoms with E-state index in [2.05, 4.69) is 0 Å². The van der Waals surface area contributed by atoms with Crippen molar-refractivity contribution in [1.29, 1.82) is 0 Å². The van der Waals surface area contributed by atoms with Crippen LogP contribution in [-0.4, -0.2) is 45.5 Å². The van der Waals surface area contributed by atoms with Gasteiger partial charge in [0, 0.05) is 65.3 Å². The molecule has 0 nitrogen and oxygen atoms in total. The Morgan fingerprint density at radius 1 is 1.00 bits per heavy atom. The molecule has 4 heavy (non-hydrogen) atoms. The molecule has 0 fully saturated rings. The topological polar surface area (TPSA) is 0 Å². The van der Waals surface area contributed by atoms with Gasteiger partial charge in [-0.3, -0.25) is 0 Å². The molecule has 0 aromatic heterocycles. The minimum atomic E-state index is 0. The van der Waals surface area contributed by atoms with Crippen molar-refractivity contribution in [2.24, 2.45) is 0 Å². The van der Waals surface area contributed by atoms with Gasteiger partial charge < -0.3 is 0 Å². The molecular weight excluding hydrogens is 369 g/mol. The minimum Gasteiger partial charge on any atom is 0 e. The van der Waals surface area contributed by atoms with Crippen LogP contribution >= 0.6 is 0 Å². The first-order valence-corrected chi connectivity index (χ1v) is 0. The first kappa shape index (κ1) is 25.5. The van der Waals surface area contributed by atoms with Crippen LogP contribution in [0, 0.1) is 0 Å². The van der Waals surface area contributed by atoms with Crippen molar-refractivity contribution in [3.63, 3.8) is 0 Å². The molecule has 0 spiro atoms. The Morgan fingerprint density at radius 2 is 1.00 bits per heavy atom. The van der Waals surface area contributed by atoms with Gasteiger partial charge >= 0.3 is 45.5 Å². The molecular formula is H2FeScSrTa. The van der Waals surface area contributed by atoms with Crippen LogP contribution in [0.25, 0.3) is 0 Å². The summed E-state index contributed by atoms with van der Waals surface area (Å²) in [5, 5.41) is 0. The van der Waals surface area contributed by atoms with Gasteiger partial charge in [-0.2, -0.15) is 0 Å².